The molecule has 0 aromatic rings. The van der Waals surface area contributed by atoms with Crippen molar-refractivity contribution in [2.75, 3.05) is 6.61 Å². The maximum absolute atomic E-state index is 11.9. The van der Waals surface area contributed by atoms with Gasteiger partial charge in [-0.3, -0.25) is 4.18 Å². The lowest BCUT2D eigenvalue weighted by molar-refractivity contribution is -0.0594. The largest absolute Gasteiger partial charge is 0.523 e. The Morgan fingerprint density at radius 2 is 1.87 bits per heavy atom. The molecule has 0 aliphatic heterocycles. The van der Waals surface area contributed by atoms with Crippen molar-refractivity contribution < 1.29 is 25.8 Å². The highest BCUT2D eigenvalue weighted by molar-refractivity contribution is 7.87. The van der Waals surface area contributed by atoms with E-state index in [9.17, 15) is 21.6 Å². The summed E-state index contributed by atoms with van der Waals surface area (Å²) >= 11 is 0. The summed E-state index contributed by atoms with van der Waals surface area (Å²) in [5.41, 5.74) is -5.68. The van der Waals surface area contributed by atoms with Crippen LogP contribution in [0.4, 0.5) is 13.2 Å². The minimum atomic E-state index is -5.42. The molecule has 0 radical (unpaired) electrons. The molecule has 15 heavy (non-hydrogen) atoms. The fraction of sp³-hybridized carbons (Fsp3) is 1.00. The van der Waals surface area contributed by atoms with Crippen molar-refractivity contribution in [3.8, 4) is 0 Å². The van der Waals surface area contributed by atoms with Gasteiger partial charge in [-0.05, 0) is 24.7 Å². The first kappa shape index (κ1) is 12.8. The van der Waals surface area contributed by atoms with Gasteiger partial charge < -0.3 is 0 Å². The van der Waals surface area contributed by atoms with Crippen LogP contribution in [0.15, 0.2) is 0 Å². The molecular weight excluding hydrogens is 233 g/mol. The highest BCUT2D eigenvalue weighted by Crippen LogP contribution is 2.44. The molecule has 1 aliphatic rings. The Kier molecular flexibility index (Phi) is 3.35. The lowest BCUT2D eigenvalue weighted by Crippen LogP contribution is -2.37. The Hall–Kier alpha value is -0.300. The third-order valence-electron chi connectivity index (χ3n) is 2.97. The zero-order valence-electron chi connectivity index (χ0n) is 8.30. The summed E-state index contributed by atoms with van der Waals surface area (Å²) in [5.74, 6) is 0. The molecule has 0 saturated heterocycles. The molecule has 1 aliphatic carbocycles. The van der Waals surface area contributed by atoms with Crippen LogP contribution in [0.3, 0.4) is 0 Å². The lowest BCUT2D eigenvalue weighted by atomic mass is 9.68. The van der Waals surface area contributed by atoms with Gasteiger partial charge in [0.1, 0.15) is 0 Å². The van der Waals surface area contributed by atoms with Crippen LogP contribution in [0.1, 0.15) is 32.6 Å². The highest BCUT2D eigenvalue weighted by atomic mass is 32.2. The number of hydrogen-bond donors (Lipinski definition) is 0. The summed E-state index contributed by atoms with van der Waals surface area (Å²) in [6.07, 6.45) is 3.03. The molecule has 0 unspecified atom stereocenters. The standard InChI is InChI=1S/C8H13F3O3S/c1-2-7(4-3-5-7)6-14-15(12,13)8(9,10)11/h2-6H2,1H3. The second-order valence-electron chi connectivity index (χ2n) is 3.87. The molecule has 0 heterocycles. The molecule has 0 aromatic heterocycles. The Balaban J connectivity index is 2.57. The molecule has 1 saturated carbocycles. The highest BCUT2D eigenvalue weighted by Gasteiger charge is 2.49. The molecule has 1 rings (SSSR count). The minimum absolute atomic E-state index is 0.356. The Bertz CT molecular complexity index is 311. The summed E-state index contributed by atoms with van der Waals surface area (Å²) in [4.78, 5) is 0. The van der Waals surface area contributed by atoms with E-state index in [-0.39, 0.29) is 12.0 Å². The van der Waals surface area contributed by atoms with Crippen LogP contribution in [-0.2, 0) is 14.3 Å². The maximum Gasteiger partial charge on any atom is 0.523 e. The second-order valence-corrected chi connectivity index (χ2v) is 5.48. The van der Waals surface area contributed by atoms with Gasteiger partial charge in [-0.1, -0.05) is 13.3 Å². The lowest BCUT2D eigenvalue weighted by Gasteiger charge is -2.40. The van der Waals surface area contributed by atoms with E-state index in [2.05, 4.69) is 4.18 Å². The van der Waals surface area contributed by atoms with Crippen molar-refractivity contribution >= 4 is 10.1 Å². The smallest absolute Gasteiger partial charge is 0.263 e. The molecule has 0 amide bonds. The molecule has 0 aromatic carbocycles. The predicted octanol–water partition coefficient (Wildman–Crippen LogP) is 2.43. The molecule has 1 fully saturated rings. The van der Waals surface area contributed by atoms with Gasteiger partial charge in [0.25, 0.3) is 0 Å². The van der Waals surface area contributed by atoms with Crippen LogP contribution < -0.4 is 0 Å². The zero-order valence-corrected chi connectivity index (χ0v) is 9.12. The quantitative estimate of drug-likeness (QED) is 0.565. The first-order valence-electron chi connectivity index (χ1n) is 4.68. The normalized spacial score (nSPS) is 21.1. The van der Waals surface area contributed by atoms with Crippen LogP contribution in [0.2, 0.25) is 0 Å². The van der Waals surface area contributed by atoms with Crippen LogP contribution >= 0.6 is 0 Å². The van der Waals surface area contributed by atoms with Gasteiger partial charge in [-0.2, -0.15) is 21.6 Å². The van der Waals surface area contributed by atoms with Gasteiger partial charge in [0, 0.05) is 0 Å². The van der Waals surface area contributed by atoms with E-state index in [4.69, 9.17) is 0 Å². The Morgan fingerprint density at radius 3 is 2.13 bits per heavy atom. The molecule has 3 nitrogen and oxygen atoms in total. The van der Waals surface area contributed by atoms with Crippen molar-refractivity contribution in [2.45, 2.75) is 38.1 Å². The third kappa shape index (κ3) is 2.63. The van der Waals surface area contributed by atoms with E-state index < -0.39 is 15.6 Å². The molecule has 0 bridgehead atoms. The second kappa shape index (κ2) is 3.93. The summed E-state index contributed by atoms with van der Waals surface area (Å²) in [5, 5.41) is 0. The van der Waals surface area contributed by atoms with E-state index in [0.29, 0.717) is 6.42 Å². The first-order chi connectivity index (χ1) is 6.72. The van der Waals surface area contributed by atoms with Crippen molar-refractivity contribution in [1.82, 2.24) is 0 Å². The van der Waals surface area contributed by atoms with Gasteiger partial charge >= 0.3 is 15.6 Å². The third-order valence-corrected chi connectivity index (χ3v) is 3.96. The Morgan fingerprint density at radius 1 is 1.33 bits per heavy atom. The average molecular weight is 246 g/mol. The van der Waals surface area contributed by atoms with Gasteiger partial charge in [0.15, 0.2) is 0 Å². The van der Waals surface area contributed by atoms with Crippen molar-refractivity contribution in [3.05, 3.63) is 0 Å². The average Bonchev–Trinajstić information content (AvgIpc) is 2.00. The molecule has 90 valence electrons. The summed E-state index contributed by atoms with van der Waals surface area (Å²) in [6, 6.07) is 0. The number of alkyl halides is 3. The molecule has 0 N–H and O–H groups in total. The van der Waals surface area contributed by atoms with Gasteiger partial charge in [0.2, 0.25) is 0 Å². The van der Waals surface area contributed by atoms with Gasteiger partial charge in [-0.15, -0.1) is 0 Å². The minimum Gasteiger partial charge on any atom is -0.263 e. The van der Waals surface area contributed by atoms with Crippen LogP contribution in [0.25, 0.3) is 0 Å². The summed E-state index contributed by atoms with van der Waals surface area (Å²) in [6.45, 7) is 1.47. The molecule has 0 atom stereocenters. The van der Waals surface area contributed by atoms with E-state index in [0.717, 1.165) is 19.3 Å². The van der Waals surface area contributed by atoms with Gasteiger partial charge in [0.05, 0.1) is 6.61 Å². The summed E-state index contributed by atoms with van der Waals surface area (Å²) in [7, 11) is -5.42. The van der Waals surface area contributed by atoms with Gasteiger partial charge in [-0.25, -0.2) is 0 Å². The predicted molar refractivity (Wildman–Crippen MR) is 47.5 cm³/mol. The fourth-order valence-electron chi connectivity index (χ4n) is 1.55. The monoisotopic (exact) mass is 246 g/mol. The SMILES string of the molecule is CCC1(COS(=O)(=O)C(F)(F)F)CCC1. The van der Waals surface area contributed by atoms with E-state index in [1.54, 1.807) is 0 Å². The Labute approximate surface area is 86.7 Å². The first-order valence-corrected chi connectivity index (χ1v) is 6.09. The van der Waals surface area contributed by atoms with E-state index >= 15 is 0 Å². The topological polar surface area (TPSA) is 43.4 Å². The van der Waals surface area contributed by atoms with E-state index in [1.807, 2.05) is 6.92 Å². The van der Waals surface area contributed by atoms with Crippen molar-refractivity contribution in [2.24, 2.45) is 5.41 Å². The van der Waals surface area contributed by atoms with Crippen molar-refractivity contribution in [1.29, 1.82) is 0 Å². The van der Waals surface area contributed by atoms with Crippen LogP contribution in [0.5, 0.6) is 0 Å². The fourth-order valence-corrected chi connectivity index (χ4v) is 2.08. The zero-order chi connectivity index (χ0) is 11.7. The molecule has 7 heteroatoms. The van der Waals surface area contributed by atoms with E-state index in [1.165, 1.54) is 0 Å². The van der Waals surface area contributed by atoms with Crippen molar-refractivity contribution in [3.63, 3.8) is 0 Å². The molecule has 0 spiro atoms. The number of hydrogen-bond acceptors (Lipinski definition) is 3. The van der Waals surface area contributed by atoms with Crippen LogP contribution in [-0.4, -0.2) is 20.5 Å². The number of halogens is 3. The molecular formula is C8H13F3O3S. The maximum atomic E-state index is 11.9. The van der Waals surface area contributed by atoms with Crippen LogP contribution in [0, 0.1) is 5.41 Å². The number of rotatable bonds is 4. The summed E-state index contributed by atoms with van der Waals surface area (Å²) < 4.78 is 61.0.